The zero-order valence-corrected chi connectivity index (χ0v) is 15.6. The molecule has 96 valence electrons. The number of allylic oxidation sites excluding steroid dienone is 1. The highest BCUT2D eigenvalue weighted by atomic mass is 28.4. The Morgan fingerprint density at radius 1 is 0.750 bits per heavy atom. The molecule has 4 heteroatoms. The van der Waals surface area contributed by atoms with Crippen molar-refractivity contribution in [2.75, 3.05) is 0 Å². The second kappa shape index (κ2) is 5.23. The maximum Gasteiger partial charge on any atom is 0.241 e. The van der Waals surface area contributed by atoms with E-state index in [2.05, 4.69) is 65.0 Å². The number of rotatable bonds is 5. The Bertz CT molecular complexity index is 226. The first kappa shape index (κ1) is 16.2. The van der Waals surface area contributed by atoms with E-state index in [1.165, 1.54) is 0 Å². The van der Waals surface area contributed by atoms with Crippen LogP contribution in [-0.4, -0.2) is 24.5 Å². The standard InChI is InChI=1S/C12H30OSi3/c1-14(2,3)12(15(4,5)6)10-11-13-16(7,8)9/h10-12H,1-9H3/b11-10-. The van der Waals surface area contributed by atoms with Crippen LogP contribution in [0.5, 0.6) is 0 Å². The quantitative estimate of drug-likeness (QED) is 0.510. The summed E-state index contributed by atoms with van der Waals surface area (Å²) in [7, 11) is -3.61. The minimum atomic E-state index is -1.40. The van der Waals surface area contributed by atoms with E-state index < -0.39 is 24.5 Å². The third-order valence-electron chi connectivity index (χ3n) is 2.56. The van der Waals surface area contributed by atoms with Crippen molar-refractivity contribution < 1.29 is 4.43 Å². The minimum absolute atomic E-state index is 0.802. The molecule has 0 bridgehead atoms. The molecule has 1 nitrogen and oxygen atoms in total. The van der Waals surface area contributed by atoms with Gasteiger partial charge in [-0.1, -0.05) is 45.4 Å². The first-order valence-corrected chi connectivity index (χ1v) is 16.7. The summed E-state index contributed by atoms with van der Waals surface area (Å²) in [6.45, 7) is 21.5. The number of hydrogen-bond donors (Lipinski definition) is 0. The molecule has 0 aromatic rings. The summed E-state index contributed by atoms with van der Waals surface area (Å²) >= 11 is 0. The van der Waals surface area contributed by atoms with Gasteiger partial charge in [0.2, 0.25) is 8.32 Å². The molecule has 0 amide bonds. The van der Waals surface area contributed by atoms with E-state index in [-0.39, 0.29) is 0 Å². The lowest BCUT2D eigenvalue weighted by molar-refractivity contribution is 0.478. The van der Waals surface area contributed by atoms with Gasteiger partial charge in [0.1, 0.15) is 0 Å². The zero-order chi connectivity index (χ0) is 13.2. The van der Waals surface area contributed by atoms with Gasteiger partial charge in [-0.3, -0.25) is 0 Å². The predicted octanol–water partition coefficient (Wildman–Crippen LogP) is 4.94. The molecule has 0 aromatic heterocycles. The fourth-order valence-electron chi connectivity index (χ4n) is 2.20. The van der Waals surface area contributed by atoms with Crippen LogP contribution in [0.2, 0.25) is 64.1 Å². The summed E-state index contributed by atoms with van der Waals surface area (Å²) < 4.78 is 5.85. The highest BCUT2D eigenvalue weighted by Crippen LogP contribution is 2.33. The van der Waals surface area contributed by atoms with Crippen LogP contribution < -0.4 is 0 Å². The summed E-state index contributed by atoms with van der Waals surface area (Å²) in [5.41, 5.74) is 0. The van der Waals surface area contributed by atoms with Crippen molar-refractivity contribution in [1.29, 1.82) is 0 Å². The van der Waals surface area contributed by atoms with E-state index in [1.807, 2.05) is 6.26 Å². The molecule has 0 aliphatic carbocycles. The molecule has 0 saturated heterocycles. The molecule has 0 atom stereocenters. The minimum Gasteiger partial charge on any atom is -0.550 e. The average Bonchev–Trinajstić information content (AvgIpc) is 1.90. The SMILES string of the molecule is C[Si](C)(C)O/C=C\C([Si](C)(C)C)[Si](C)(C)C. The van der Waals surface area contributed by atoms with Gasteiger partial charge < -0.3 is 4.43 Å². The predicted molar refractivity (Wildman–Crippen MR) is 84.0 cm³/mol. The largest absolute Gasteiger partial charge is 0.550 e. The van der Waals surface area contributed by atoms with E-state index in [9.17, 15) is 0 Å². The molecule has 0 unspecified atom stereocenters. The molecule has 0 spiro atoms. The second-order valence-electron chi connectivity index (χ2n) is 7.77. The molecule has 0 heterocycles. The van der Waals surface area contributed by atoms with E-state index in [0.29, 0.717) is 0 Å². The molecule has 0 radical (unpaired) electrons. The van der Waals surface area contributed by atoms with Crippen LogP contribution in [0.25, 0.3) is 0 Å². The molecule has 0 N–H and O–H groups in total. The Kier molecular flexibility index (Phi) is 5.29. The van der Waals surface area contributed by atoms with Crippen LogP contribution in [-0.2, 0) is 4.43 Å². The van der Waals surface area contributed by atoms with Gasteiger partial charge in [-0.25, -0.2) is 0 Å². The van der Waals surface area contributed by atoms with Gasteiger partial charge in [-0.05, 0) is 24.8 Å². The van der Waals surface area contributed by atoms with Crippen molar-refractivity contribution in [3.05, 3.63) is 12.3 Å². The molecule has 0 rings (SSSR count). The lowest BCUT2D eigenvalue weighted by Crippen LogP contribution is -2.42. The van der Waals surface area contributed by atoms with Crippen LogP contribution in [0.4, 0.5) is 0 Å². The second-order valence-corrected chi connectivity index (χ2v) is 23.5. The fourth-order valence-corrected chi connectivity index (χ4v) is 14.4. The van der Waals surface area contributed by atoms with Gasteiger partial charge in [0.15, 0.2) is 0 Å². The van der Waals surface area contributed by atoms with Gasteiger partial charge in [-0.2, -0.15) is 0 Å². The Morgan fingerprint density at radius 2 is 1.12 bits per heavy atom. The Labute approximate surface area is 105 Å². The van der Waals surface area contributed by atoms with Gasteiger partial charge in [0.05, 0.1) is 6.26 Å². The van der Waals surface area contributed by atoms with Crippen molar-refractivity contribution in [3.8, 4) is 0 Å². The highest BCUT2D eigenvalue weighted by Gasteiger charge is 2.35. The van der Waals surface area contributed by atoms with E-state index in [0.717, 1.165) is 5.16 Å². The first-order chi connectivity index (χ1) is 6.84. The summed E-state index contributed by atoms with van der Waals surface area (Å²) in [6, 6.07) is 0. The van der Waals surface area contributed by atoms with Crippen molar-refractivity contribution in [3.63, 3.8) is 0 Å². The topological polar surface area (TPSA) is 9.23 Å². The Morgan fingerprint density at radius 3 is 1.38 bits per heavy atom. The molecular weight excluding hydrogens is 244 g/mol. The lowest BCUT2D eigenvalue weighted by atomic mass is 10.7. The van der Waals surface area contributed by atoms with Crippen LogP contribution in [0, 0.1) is 0 Å². The van der Waals surface area contributed by atoms with E-state index in [1.54, 1.807) is 0 Å². The Balaban J connectivity index is 4.72. The highest BCUT2D eigenvalue weighted by molar-refractivity contribution is 6.97. The fraction of sp³-hybridized carbons (Fsp3) is 0.833. The van der Waals surface area contributed by atoms with Crippen molar-refractivity contribution in [1.82, 2.24) is 0 Å². The van der Waals surface area contributed by atoms with Crippen molar-refractivity contribution >= 4 is 24.5 Å². The molecular formula is C12H30OSi3. The van der Waals surface area contributed by atoms with E-state index in [4.69, 9.17) is 4.43 Å². The van der Waals surface area contributed by atoms with Gasteiger partial charge >= 0.3 is 0 Å². The summed E-state index contributed by atoms with van der Waals surface area (Å²) in [5, 5.41) is 0.802. The summed E-state index contributed by atoms with van der Waals surface area (Å²) in [4.78, 5) is 0. The molecule has 0 aliphatic heterocycles. The molecule has 16 heavy (non-hydrogen) atoms. The smallest absolute Gasteiger partial charge is 0.241 e. The number of hydrogen-bond acceptors (Lipinski definition) is 1. The molecule has 0 saturated carbocycles. The van der Waals surface area contributed by atoms with Crippen LogP contribution in [0.15, 0.2) is 12.3 Å². The third-order valence-corrected chi connectivity index (χ3v) is 12.7. The van der Waals surface area contributed by atoms with Gasteiger partial charge in [0, 0.05) is 16.1 Å². The van der Waals surface area contributed by atoms with Gasteiger partial charge in [0.25, 0.3) is 0 Å². The van der Waals surface area contributed by atoms with Crippen molar-refractivity contribution in [2.24, 2.45) is 0 Å². The maximum absolute atomic E-state index is 5.85. The zero-order valence-electron chi connectivity index (χ0n) is 12.6. The molecule has 0 aromatic carbocycles. The van der Waals surface area contributed by atoms with Crippen LogP contribution >= 0.6 is 0 Å². The third kappa shape index (κ3) is 6.70. The first-order valence-electron chi connectivity index (χ1n) is 6.18. The molecule has 0 aliphatic rings. The summed E-state index contributed by atoms with van der Waals surface area (Å²) in [6.07, 6.45) is 4.38. The van der Waals surface area contributed by atoms with Gasteiger partial charge in [-0.15, -0.1) is 0 Å². The Hall–Kier alpha value is 0.191. The van der Waals surface area contributed by atoms with Crippen LogP contribution in [0.1, 0.15) is 0 Å². The van der Waals surface area contributed by atoms with E-state index >= 15 is 0 Å². The normalized spacial score (nSPS) is 14.9. The maximum atomic E-state index is 5.85. The average molecular weight is 275 g/mol. The van der Waals surface area contributed by atoms with Crippen molar-refractivity contribution in [2.45, 2.75) is 64.1 Å². The molecule has 0 fully saturated rings. The summed E-state index contributed by atoms with van der Waals surface area (Å²) in [5.74, 6) is 0. The lowest BCUT2D eigenvalue weighted by Gasteiger charge is -2.36. The van der Waals surface area contributed by atoms with Crippen LogP contribution in [0.3, 0.4) is 0 Å². The monoisotopic (exact) mass is 274 g/mol.